The predicted molar refractivity (Wildman–Crippen MR) is 90.2 cm³/mol. The minimum absolute atomic E-state index is 0.0145. The molecular weight excluding hydrogens is 326 g/mol. The van der Waals surface area contributed by atoms with Crippen LogP contribution < -0.4 is 4.74 Å². The highest BCUT2D eigenvalue weighted by Gasteiger charge is 2.23. The van der Waals surface area contributed by atoms with Gasteiger partial charge in [0.2, 0.25) is 5.88 Å². The summed E-state index contributed by atoms with van der Waals surface area (Å²) in [6.07, 6.45) is 2.54. The molecule has 134 valence electrons. The van der Waals surface area contributed by atoms with E-state index in [0.29, 0.717) is 24.9 Å². The number of rotatable bonds is 6. The lowest BCUT2D eigenvalue weighted by atomic mass is 9.97. The number of pyridine rings is 1. The molecule has 0 aliphatic carbocycles. The first-order chi connectivity index (χ1) is 12.1. The number of ether oxygens (including phenoxy) is 1. The lowest BCUT2D eigenvalue weighted by molar-refractivity contribution is 0.0768. The Balaban J connectivity index is 1.45. The molecule has 0 amide bonds. The maximum absolute atomic E-state index is 13.7. The third-order valence-electron chi connectivity index (χ3n) is 4.56. The summed E-state index contributed by atoms with van der Waals surface area (Å²) in [6, 6.07) is 8.73. The van der Waals surface area contributed by atoms with E-state index in [2.05, 4.69) is 9.88 Å². The van der Waals surface area contributed by atoms with Gasteiger partial charge in [-0.25, -0.2) is 13.8 Å². The molecule has 6 heteroatoms. The quantitative estimate of drug-likeness (QED) is 0.871. The topological polar surface area (TPSA) is 45.6 Å². The molecule has 1 fully saturated rings. The summed E-state index contributed by atoms with van der Waals surface area (Å²) in [4.78, 5) is 6.21. The smallest absolute Gasteiger partial charge is 0.213 e. The average Bonchev–Trinajstić information content (AvgIpc) is 2.64. The second-order valence-electron chi connectivity index (χ2n) is 6.40. The highest BCUT2D eigenvalue weighted by Crippen LogP contribution is 2.23. The largest absolute Gasteiger partial charge is 0.477 e. The van der Waals surface area contributed by atoms with Gasteiger partial charge in [-0.2, -0.15) is 0 Å². The zero-order chi connectivity index (χ0) is 17.6. The molecule has 0 bridgehead atoms. The average molecular weight is 348 g/mol. The third-order valence-corrected chi connectivity index (χ3v) is 4.56. The van der Waals surface area contributed by atoms with E-state index < -0.39 is 17.7 Å². The van der Waals surface area contributed by atoms with Crippen molar-refractivity contribution in [2.45, 2.75) is 18.9 Å². The standard InChI is InChI=1S/C19H22F2N2O2/c20-15-4-5-17(21)16(11-15)18(24)12-23-9-6-14(7-10-23)13-25-19-3-1-2-8-22-19/h1-5,8,11,14,18,24H,6-7,9-10,12-13H2. The number of aliphatic hydroxyl groups is 1. The number of benzene rings is 1. The van der Waals surface area contributed by atoms with Crippen LogP contribution in [-0.2, 0) is 0 Å². The van der Waals surface area contributed by atoms with Crippen LogP contribution >= 0.6 is 0 Å². The van der Waals surface area contributed by atoms with Crippen LogP contribution in [0.2, 0.25) is 0 Å². The zero-order valence-electron chi connectivity index (χ0n) is 13.9. The molecule has 2 heterocycles. The van der Waals surface area contributed by atoms with Crippen LogP contribution in [0.15, 0.2) is 42.6 Å². The Bertz CT molecular complexity index is 676. The van der Waals surface area contributed by atoms with Crippen LogP contribution in [0.1, 0.15) is 24.5 Å². The maximum atomic E-state index is 13.7. The highest BCUT2D eigenvalue weighted by atomic mass is 19.1. The van der Waals surface area contributed by atoms with Crippen molar-refractivity contribution >= 4 is 0 Å². The SMILES string of the molecule is OC(CN1CCC(COc2ccccn2)CC1)c1cc(F)ccc1F. The van der Waals surface area contributed by atoms with E-state index in [0.717, 1.165) is 44.1 Å². The van der Waals surface area contributed by atoms with E-state index in [1.165, 1.54) is 0 Å². The Hall–Kier alpha value is -2.05. The van der Waals surface area contributed by atoms with Gasteiger partial charge in [-0.1, -0.05) is 6.07 Å². The molecule has 4 nitrogen and oxygen atoms in total. The van der Waals surface area contributed by atoms with Crippen LogP contribution in [0.5, 0.6) is 5.88 Å². The van der Waals surface area contributed by atoms with Crippen molar-refractivity contribution in [1.82, 2.24) is 9.88 Å². The van der Waals surface area contributed by atoms with Gasteiger partial charge in [-0.15, -0.1) is 0 Å². The molecule has 1 unspecified atom stereocenters. The molecule has 0 radical (unpaired) electrons. The lowest BCUT2D eigenvalue weighted by Crippen LogP contribution is -2.38. The molecule has 1 aliphatic heterocycles. The van der Waals surface area contributed by atoms with Crippen LogP contribution in [0.25, 0.3) is 0 Å². The molecule has 1 aromatic heterocycles. The third kappa shape index (κ3) is 4.96. The van der Waals surface area contributed by atoms with E-state index >= 15 is 0 Å². The number of aliphatic hydroxyl groups excluding tert-OH is 1. The van der Waals surface area contributed by atoms with E-state index in [9.17, 15) is 13.9 Å². The van der Waals surface area contributed by atoms with E-state index in [1.54, 1.807) is 6.20 Å². The van der Waals surface area contributed by atoms with Crippen molar-refractivity contribution in [3.05, 3.63) is 59.8 Å². The number of likely N-dealkylation sites (tertiary alicyclic amines) is 1. The maximum Gasteiger partial charge on any atom is 0.213 e. The molecule has 1 atom stereocenters. The number of aromatic nitrogens is 1. The van der Waals surface area contributed by atoms with Crippen molar-refractivity contribution in [2.75, 3.05) is 26.2 Å². The molecular formula is C19H22F2N2O2. The molecule has 3 rings (SSSR count). The molecule has 0 spiro atoms. The van der Waals surface area contributed by atoms with Gasteiger partial charge in [0.25, 0.3) is 0 Å². The van der Waals surface area contributed by atoms with Crippen LogP contribution in [0, 0.1) is 17.6 Å². The van der Waals surface area contributed by atoms with E-state index in [4.69, 9.17) is 4.74 Å². The molecule has 1 aliphatic rings. The monoisotopic (exact) mass is 348 g/mol. The first-order valence-corrected chi connectivity index (χ1v) is 8.51. The van der Waals surface area contributed by atoms with Gasteiger partial charge in [0.05, 0.1) is 12.7 Å². The summed E-state index contributed by atoms with van der Waals surface area (Å²) in [7, 11) is 0. The van der Waals surface area contributed by atoms with Gasteiger partial charge in [-0.05, 0) is 56.1 Å². The Morgan fingerprint density at radius 2 is 2.00 bits per heavy atom. The Morgan fingerprint density at radius 1 is 1.20 bits per heavy atom. The number of hydrogen-bond donors (Lipinski definition) is 1. The van der Waals surface area contributed by atoms with Gasteiger partial charge in [-0.3, -0.25) is 0 Å². The van der Waals surface area contributed by atoms with Crippen LogP contribution in [0.4, 0.5) is 8.78 Å². The summed E-state index contributed by atoms with van der Waals surface area (Å²) < 4.78 is 32.7. The summed E-state index contributed by atoms with van der Waals surface area (Å²) in [6.45, 7) is 2.51. The van der Waals surface area contributed by atoms with Gasteiger partial charge >= 0.3 is 0 Å². The normalized spacial score (nSPS) is 17.4. The second-order valence-corrected chi connectivity index (χ2v) is 6.40. The van der Waals surface area contributed by atoms with Crippen molar-refractivity contribution in [2.24, 2.45) is 5.92 Å². The van der Waals surface area contributed by atoms with Crippen molar-refractivity contribution in [3.8, 4) is 5.88 Å². The highest BCUT2D eigenvalue weighted by molar-refractivity contribution is 5.21. The molecule has 25 heavy (non-hydrogen) atoms. The van der Waals surface area contributed by atoms with Crippen LogP contribution in [-0.4, -0.2) is 41.2 Å². The first-order valence-electron chi connectivity index (χ1n) is 8.51. The fraction of sp³-hybridized carbons (Fsp3) is 0.421. The van der Waals surface area contributed by atoms with E-state index in [1.807, 2.05) is 18.2 Å². The van der Waals surface area contributed by atoms with Gasteiger partial charge < -0.3 is 14.7 Å². The predicted octanol–water partition coefficient (Wildman–Crippen LogP) is 3.18. The van der Waals surface area contributed by atoms with Crippen molar-refractivity contribution in [1.29, 1.82) is 0 Å². The number of piperidine rings is 1. The molecule has 1 aromatic carbocycles. The molecule has 2 aromatic rings. The van der Waals surface area contributed by atoms with Gasteiger partial charge in [0.15, 0.2) is 0 Å². The van der Waals surface area contributed by atoms with Crippen LogP contribution in [0.3, 0.4) is 0 Å². The Morgan fingerprint density at radius 3 is 2.72 bits per heavy atom. The lowest BCUT2D eigenvalue weighted by Gasteiger charge is -2.33. The Kier molecular flexibility index (Phi) is 5.94. The number of halogens is 2. The summed E-state index contributed by atoms with van der Waals surface area (Å²) in [5, 5.41) is 10.2. The second kappa shape index (κ2) is 8.36. The number of β-amino-alcohol motifs (C(OH)–C–C–N with tert-alkyl or cyclic N) is 1. The minimum Gasteiger partial charge on any atom is -0.477 e. The number of nitrogens with zero attached hydrogens (tertiary/aromatic N) is 2. The van der Waals surface area contributed by atoms with Crippen molar-refractivity contribution < 1.29 is 18.6 Å². The zero-order valence-corrected chi connectivity index (χ0v) is 13.9. The summed E-state index contributed by atoms with van der Waals surface area (Å²) in [5.74, 6) is -0.0587. The molecule has 1 saturated heterocycles. The van der Waals surface area contributed by atoms with Gasteiger partial charge in [0.1, 0.15) is 11.6 Å². The number of hydrogen-bond acceptors (Lipinski definition) is 4. The summed E-state index contributed by atoms with van der Waals surface area (Å²) in [5.41, 5.74) is 0.0145. The van der Waals surface area contributed by atoms with Gasteiger partial charge in [0, 0.05) is 24.4 Å². The summed E-state index contributed by atoms with van der Waals surface area (Å²) >= 11 is 0. The fourth-order valence-electron chi connectivity index (χ4n) is 3.08. The Labute approximate surface area is 146 Å². The first kappa shape index (κ1) is 17.8. The van der Waals surface area contributed by atoms with Crippen molar-refractivity contribution in [3.63, 3.8) is 0 Å². The molecule has 1 N–H and O–H groups in total. The fourth-order valence-corrected chi connectivity index (χ4v) is 3.08. The van der Waals surface area contributed by atoms with E-state index in [-0.39, 0.29) is 5.56 Å². The minimum atomic E-state index is -1.03. The molecule has 0 saturated carbocycles.